The van der Waals surface area contributed by atoms with Gasteiger partial charge in [0.25, 0.3) is 0 Å². The van der Waals surface area contributed by atoms with Gasteiger partial charge in [-0.05, 0) is 44.0 Å². The number of sulfonamides is 1. The molecule has 2 rings (SSSR count). The lowest BCUT2D eigenvalue weighted by Crippen LogP contribution is -2.38. The van der Waals surface area contributed by atoms with Gasteiger partial charge in [0.15, 0.2) is 0 Å². The van der Waals surface area contributed by atoms with E-state index in [9.17, 15) is 13.2 Å². The van der Waals surface area contributed by atoms with Gasteiger partial charge in [-0.15, -0.1) is 0 Å². The van der Waals surface area contributed by atoms with Gasteiger partial charge in [-0.2, -0.15) is 0 Å². The van der Waals surface area contributed by atoms with Crippen molar-refractivity contribution >= 4 is 27.3 Å². The third kappa shape index (κ3) is 4.35. The molecule has 0 radical (unpaired) electrons. The number of carbonyl (C=O) groups excluding carboxylic acids is 1. The van der Waals surface area contributed by atoms with Crippen molar-refractivity contribution in [3.8, 4) is 0 Å². The predicted octanol–water partition coefficient (Wildman–Crippen LogP) is 3.02. The van der Waals surface area contributed by atoms with Crippen LogP contribution in [0.25, 0.3) is 0 Å². The van der Waals surface area contributed by atoms with Gasteiger partial charge in [0.1, 0.15) is 6.54 Å². The molecular formula is C18H22N2O3S. The average molecular weight is 346 g/mol. The van der Waals surface area contributed by atoms with E-state index in [1.54, 1.807) is 24.3 Å². The summed E-state index contributed by atoms with van der Waals surface area (Å²) in [6, 6.07) is 12.8. The molecule has 1 N–H and O–H groups in total. The Morgan fingerprint density at radius 3 is 2.08 bits per heavy atom. The first kappa shape index (κ1) is 18.0. The average Bonchev–Trinajstić information content (AvgIpc) is 2.45. The zero-order valence-electron chi connectivity index (χ0n) is 14.3. The first-order chi connectivity index (χ1) is 11.2. The van der Waals surface area contributed by atoms with Gasteiger partial charge in [0.2, 0.25) is 15.9 Å². The summed E-state index contributed by atoms with van der Waals surface area (Å²) in [7, 11) is -3.59. The van der Waals surface area contributed by atoms with E-state index >= 15 is 0 Å². The van der Waals surface area contributed by atoms with Crippen LogP contribution in [0.4, 0.5) is 11.4 Å². The Morgan fingerprint density at radius 2 is 1.58 bits per heavy atom. The number of nitrogens with one attached hydrogen (secondary N) is 1. The maximum absolute atomic E-state index is 12.3. The highest BCUT2D eigenvalue weighted by atomic mass is 32.2. The van der Waals surface area contributed by atoms with Crippen LogP contribution in [-0.4, -0.2) is 27.1 Å². The van der Waals surface area contributed by atoms with Crippen molar-refractivity contribution in [3.05, 3.63) is 59.2 Å². The van der Waals surface area contributed by atoms with Gasteiger partial charge in [-0.1, -0.05) is 35.9 Å². The van der Waals surface area contributed by atoms with E-state index in [4.69, 9.17) is 0 Å². The molecule has 24 heavy (non-hydrogen) atoms. The van der Waals surface area contributed by atoms with E-state index in [2.05, 4.69) is 5.32 Å². The van der Waals surface area contributed by atoms with Crippen molar-refractivity contribution < 1.29 is 13.2 Å². The molecule has 6 heteroatoms. The van der Waals surface area contributed by atoms with E-state index in [1.807, 2.05) is 39.0 Å². The minimum absolute atomic E-state index is 0.265. The van der Waals surface area contributed by atoms with Gasteiger partial charge in [-0.3, -0.25) is 9.10 Å². The van der Waals surface area contributed by atoms with Crippen LogP contribution in [0.5, 0.6) is 0 Å². The molecule has 0 fully saturated rings. The molecule has 0 aliphatic carbocycles. The minimum Gasteiger partial charge on any atom is -0.325 e. The highest BCUT2D eigenvalue weighted by molar-refractivity contribution is 7.92. The van der Waals surface area contributed by atoms with Crippen LogP contribution < -0.4 is 9.62 Å². The highest BCUT2D eigenvalue weighted by Gasteiger charge is 2.24. The summed E-state index contributed by atoms with van der Waals surface area (Å²) in [6.45, 7) is 5.39. The lowest BCUT2D eigenvalue weighted by Gasteiger charge is -2.26. The van der Waals surface area contributed by atoms with Crippen molar-refractivity contribution in [1.29, 1.82) is 0 Å². The van der Waals surface area contributed by atoms with E-state index < -0.39 is 10.0 Å². The Balaban J connectivity index is 2.33. The third-order valence-corrected chi connectivity index (χ3v) is 4.74. The number of benzene rings is 2. The van der Waals surface area contributed by atoms with E-state index in [-0.39, 0.29) is 12.5 Å². The van der Waals surface area contributed by atoms with Crippen LogP contribution in [0, 0.1) is 20.8 Å². The van der Waals surface area contributed by atoms with Gasteiger partial charge >= 0.3 is 0 Å². The van der Waals surface area contributed by atoms with Crippen molar-refractivity contribution in [3.63, 3.8) is 0 Å². The predicted molar refractivity (Wildman–Crippen MR) is 97.9 cm³/mol. The Bertz CT molecular complexity index is 823. The molecule has 0 unspecified atom stereocenters. The number of anilines is 2. The Labute approximate surface area is 143 Å². The fourth-order valence-electron chi connectivity index (χ4n) is 2.78. The molecule has 0 aliphatic heterocycles. The molecule has 0 aliphatic rings. The topological polar surface area (TPSA) is 66.5 Å². The van der Waals surface area contributed by atoms with Crippen LogP contribution in [0.2, 0.25) is 0 Å². The smallest absolute Gasteiger partial charge is 0.245 e. The number of nitrogens with zero attached hydrogens (tertiary/aromatic N) is 1. The standard InChI is InChI=1S/C18H22N2O3S/c1-13-10-14(2)18(15(3)11-13)20(24(4,22)23)12-17(21)19-16-8-6-5-7-9-16/h5-11H,12H2,1-4H3,(H,19,21). The Morgan fingerprint density at radius 1 is 1.04 bits per heavy atom. The van der Waals surface area contributed by atoms with Crippen LogP contribution in [0.15, 0.2) is 42.5 Å². The molecular weight excluding hydrogens is 324 g/mol. The molecule has 2 aromatic rings. The largest absolute Gasteiger partial charge is 0.325 e. The Kier molecular flexibility index (Phi) is 5.29. The number of hydrogen-bond donors (Lipinski definition) is 1. The first-order valence-corrected chi connectivity index (χ1v) is 9.44. The van der Waals surface area contributed by atoms with Gasteiger partial charge in [0.05, 0.1) is 11.9 Å². The normalized spacial score (nSPS) is 11.2. The second-order valence-electron chi connectivity index (χ2n) is 5.93. The van der Waals surface area contributed by atoms with Gasteiger partial charge in [0, 0.05) is 5.69 Å². The number of carbonyl (C=O) groups is 1. The van der Waals surface area contributed by atoms with Crippen molar-refractivity contribution in [1.82, 2.24) is 0 Å². The third-order valence-electron chi connectivity index (χ3n) is 3.63. The lowest BCUT2D eigenvalue weighted by molar-refractivity contribution is -0.114. The number of rotatable bonds is 5. The van der Waals surface area contributed by atoms with E-state index in [0.717, 1.165) is 27.3 Å². The molecule has 0 heterocycles. The summed E-state index contributed by atoms with van der Waals surface area (Å²) < 4.78 is 25.7. The molecule has 2 aromatic carbocycles. The Hall–Kier alpha value is -2.34. The van der Waals surface area contributed by atoms with Gasteiger partial charge in [-0.25, -0.2) is 8.42 Å². The number of hydrogen-bond acceptors (Lipinski definition) is 3. The van der Waals surface area contributed by atoms with Crippen LogP contribution >= 0.6 is 0 Å². The second kappa shape index (κ2) is 7.05. The highest BCUT2D eigenvalue weighted by Crippen LogP contribution is 2.28. The summed E-state index contributed by atoms with van der Waals surface area (Å²) in [5.41, 5.74) is 3.89. The van der Waals surface area contributed by atoms with Gasteiger partial charge < -0.3 is 5.32 Å². The molecule has 0 saturated heterocycles. The zero-order chi connectivity index (χ0) is 17.9. The summed E-state index contributed by atoms with van der Waals surface area (Å²) >= 11 is 0. The molecule has 1 amide bonds. The number of aryl methyl sites for hydroxylation is 3. The maximum Gasteiger partial charge on any atom is 0.245 e. The maximum atomic E-state index is 12.3. The van der Waals surface area contributed by atoms with Crippen molar-refractivity contribution in [2.75, 3.05) is 22.4 Å². The van der Waals surface area contributed by atoms with Crippen molar-refractivity contribution in [2.45, 2.75) is 20.8 Å². The molecule has 128 valence electrons. The summed E-state index contributed by atoms with van der Waals surface area (Å²) in [4.78, 5) is 12.3. The molecule has 0 spiro atoms. The quantitative estimate of drug-likeness (QED) is 0.905. The van der Waals surface area contributed by atoms with E-state index in [1.165, 1.54) is 0 Å². The van der Waals surface area contributed by atoms with Crippen LogP contribution in [0.3, 0.4) is 0 Å². The summed E-state index contributed by atoms with van der Waals surface area (Å²) in [5, 5.41) is 2.72. The summed E-state index contributed by atoms with van der Waals surface area (Å²) in [5.74, 6) is -0.383. The van der Waals surface area contributed by atoms with Crippen LogP contribution in [-0.2, 0) is 14.8 Å². The molecule has 0 atom stereocenters. The molecule has 0 aromatic heterocycles. The fourth-order valence-corrected chi connectivity index (χ4v) is 3.75. The lowest BCUT2D eigenvalue weighted by atomic mass is 10.1. The minimum atomic E-state index is -3.59. The zero-order valence-corrected chi connectivity index (χ0v) is 15.1. The molecule has 0 bridgehead atoms. The monoisotopic (exact) mass is 346 g/mol. The van der Waals surface area contributed by atoms with Crippen LogP contribution in [0.1, 0.15) is 16.7 Å². The second-order valence-corrected chi connectivity index (χ2v) is 7.84. The number of para-hydroxylation sites is 1. The molecule has 0 saturated carbocycles. The number of amides is 1. The van der Waals surface area contributed by atoms with Crippen molar-refractivity contribution in [2.24, 2.45) is 0 Å². The van der Waals surface area contributed by atoms with E-state index in [0.29, 0.717) is 11.4 Å². The molecule has 5 nitrogen and oxygen atoms in total. The fraction of sp³-hybridized carbons (Fsp3) is 0.278. The SMILES string of the molecule is Cc1cc(C)c(N(CC(=O)Nc2ccccc2)S(C)(=O)=O)c(C)c1. The summed E-state index contributed by atoms with van der Waals surface area (Å²) in [6.07, 6.45) is 1.11. The first-order valence-electron chi connectivity index (χ1n) is 7.59.